The van der Waals surface area contributed by atoms with Crippen molar-refractivity contribution in [3.05, 3.63) is 29.0 Å². The normalized spacial score (nSPS) is 29.0. The number of rotatable bonds is 3. The number of aliphatic carboxylic acids is 1. The van der Waals surface area contributed by atoms with Crippen molar-refractivity contribution in [2.24, 2.45) is 5.92 Å². The lowest BCUT2D eigenvalue weighted by atomic mass is 9.93. The van der Waals surface area contributed by atoms with E-state index in [-0.39, 0.29) is 18.0 Å². The number of nitrogens with one attached hydrogen (secondary N) is 1. The first kappa shape index (κ1) is 16.2. The number of carbonyl (C=O) groups is 2. The van der Waals surface area contributed by atoms with Gasteiger partial charge in [-0.25, -0.2) is 5.43 Å². The van der Waals surface area contributed by atoms with Crippen LogP contribution < -0.4 is 5.43 Å². The number of carboxylic acid groups (broad SMARTS) is 1. The average molecular weight is 339 g/mol. The Morgan fingerprint density at radius 1 is 1.43 bits per heavy atom. The van der Waals surface area contributed by atoms with Gasteiger partial charge in [-0.05, 0) is 18.6 Å². The smallest absolute Gasteiger partial charge is 0.308 e. The van der Waals surface area contributed by atoms with Gasteiger partial charge in [-0.2, -0.15) is 0 Å². The minimum Gasteiger partial charge on any atom is -0.481 e. The number of amides is 1. The van der Waals surface area contributed by atoms with Gasteiger partial charge in [-0.15, -0.1) is 0 Å². The number of halogens is 1. The van der Waals surface area contributed by atoms with Crippen LogP contribution in [-0.4, -0.2) is 58.2 Å². The Morgan fingerprint density at radius 2 is 2.22 bits per heavy atom. The molecule has 7 nitrogen and oxygen atoms in total. The molecule has 0 bridgehead atoms. The van der Waals surface area contributed by atoms with Crippen molar-refractivity contribution in [3.63, 3.8) is 0 Å². The summed E-state index contributed by atoms with van der Waals surface area (Å²) < 4.78 is 0. The molecule has 3 rings (SSSR count). The summed E-state index contributed by atoms with van der Waals surface area (Å²) >= 11 is 5.86. The average Bonchev–Trinajstić information content (AvgIpc) is 2.96. The summed E-state index contributed by atoms with van der Waals surface area (Å²) in [4.78, 5) is 29.6. The summed E-state index contributed by atoms with van der Waals surface area (Å²) in [6, 6.07) is 3.52. The van der Waals surface area contributed by atoms with E-state index >= 15 is 0 Å². The Balaban J connectivity index is 1.77. The first-order valence-corrected chi connectivity index (χ1v) is 7.94. The van der Waals surface area contributed by atoms with Crippen LogP contribution in [0, 0.1) is 5.92 Å². The molecule has 0 aromatic carbocycles. The van der Waals surface area contributed by atoms with Crippen molar-refractivity contribution in [3.8, 4) is 0 Å². The zero-order valence-electron chi connectivity index (χ0n) is 12.8. The Bertz CT molecular complexity index is 609. The van der Waals surface area contributed by atoms with Crippen LogP contribution in [0.3, 0.4) is 0 Å². The molecule has 1 aromatic rings. The Morgan fingerprint density at radius 3 is 2.83 bits per heavy atom. The van der Waals surface area contributed by atoms with E-state index in [0.29, 0.717) is 31.0 Å². The van der Waals surface area contributed by atoms with Crippen LogP contribution in [0.4, 0.5) is 0 Å². The largest absolute Gasteiger partial charge is 0.481 e. The Kier molecular flexibility index (Phi) is 4.52. The highest BCUT2D eigenvalue weighted by atomic mass is 35.5. The monoisotopic (exact) mass is 338 g/mol. The first-order chi connectivity index (χ1) is 11.0. The minimum absolute atomic E-state index is 0.0307. The lowest BCUT2D eigenvalue weighted by Crippen LogP contribution is -2.56. The predicted octanol–water partition coefficient (Wildman–Crippen LogP) is 0.918. The molecule has 23 heavy (non-hydrogen) atoms. The molecule has 124 valence electrons. The number of aromatic nitrogens is 1. The fraction of sp³-hybridized carbons (Fsp3) is 0.533. The molecule has 3 unspecified atom stereocenters. The highest BCUT2D eigenvalue weighted by Crippen LogP contribution is 2.34. The molecule has 1 aromatic heterocycles. The van der Waals surface area contributed by atoms with Gasteiger partial charge in [0.15, 0.2) is 0 Å². The second kappa shape index (κ2) is 6.43. The summed E-state index contributed by atoms with van der Waals surface area (Å²) in [7, 11) is 1.69. The van der Waals surface area contributed by atoms with Gasteiger partial charge in [0.05, 0.1) is 17.1 Å². The molecule has 0 spiro atoms. The molecule has 2 aliphatic heterocycles. The van der Waals surface area contributed by atoms with Gasteiger partial charge in [0.1, 0.15) is 0 Å². The van der Waals surface area contributed by atoms with Crippen LogP contribution >= 0.6 is 11.6 Å². The number of hydrogen-bond acceptors (Lipinski definition) is 5. The lowest BCUT2D eigenvalue weighted by molar-refractivity contribution is -0.143. The molecular weight excluding hydrogens is 320 g/mol. The van der Waals surface area contributed by atoms with Crippen LogP contribution in [-0.2, 0) is 9.59 Å². The maximum atomic E-state index is 11.6. The van der Waals surface area contributed by atoms with Crippen molar-refractivity contribution >= 4 is 23.5 Å². The molecule has 0 radical (unpaired) electrons. The third kappa shape index (κ3) is 3.31. The molecule has 2 fully saturated rings. The fourth-order valence-electron chi connectivity index (χ4n) is 3.30. The predicted molar refractivity (Wildman–Crippen MR) is 83.6 cm³/mol. The number of pyridine rings is 1. The fourth-order valence-corrected chi connectivity index (χ4v) is 3.41. The highest BCUT2D eigenvalue weighted by molar-refractivity contribution is 6.30. The number of carbonyl (C=O) groups excluding carboxylic acids is 1. The molecule has 1 amide bonds. The maximum absolute atomic E-state index is 11.6. The van der Waals surface area contributed by atoms with Crippen LogP contribution in [0.5, 0.6) is 0 Å². The summed E-state index contributed by atoms with van der Waals surface area (Å²) in [6.45, 7) is 1.02. The van der Waals surface area contributed by atoms with Crippen LogP contribution in [0.25, 0.3) is 0 Å². The van der Waals surface area contributed by atoms with Crippen LogP contribution in [0.15, 0.2) is 18.3 Å². The molecule has 2 aliphatic rings. The van der Waals surface area contributed by atoms with Crippen molar-refractivity contribution in [2.75, 3.05) is 20.1 Å². The van der Waals surface area contributed by atoms with E-state index in [1.165, 1.54) is 5.01 Å². The Hall–Kier alpha value is -1.70. The summed E-state index contributed by atoms with van der Waals surface area (Å²) in [6.07, 6.45) is 2.66. The number of hydrazine groups is 1. The third-order valence-corrected chi connectivity index (χ3v) is 4.81. The molecule has 0 saturated carbocycles. The summed E-state index contributed by atoms with van der Waals surface area (Å²) in [5, 5.41) is 11.6. The molecule has 0 aliphatic carbocycles. The van der Waals surface area contributed by atoms with Gasteiger partial charge in [-0.3, -0.25) is 24.5 Å². The van der Waals surface area contributed by atoms with E-state index in [4.69, 9.17) is 11.6 Å². The topological polar surface area (TPSA) is 85.8 Å². The molecule has 8 heteroatoms. The molecule has 2 saturated heterocycles. The number of carboxylic acids is 1. The summed E-state index contributed by atoms with van der Waals surface area (Å²) in [5.41, 5.74) is 3.86. The second-order valence-electron chi connectivity index (χ2n) is 6.04. The zero-order chi connectivity index (χ0) is 16.6. The van der Waals surface area contributed by atoms with Crippen molar-refractivity contribution in [2.45, 2.75) is 24.9 Å². The second-order valence-corrected chi connectivity index (χ2v) is 6.48. The van der Waals surface area contributed by atoms with E-state index in [9.17, 15) is 14.7 Å². The molecule has 2 N–H and O–H groups in total. The summed E-state index contributed by atoms with van der Waals surface area (Å²) in [5.74, 6) is -1.48. The van der Waals surface area contributed by atoms with E-state index in [2.05, 4.69) is 15.3 Å². The van der Waals surface area contributed by atoms with Gasteiger partial charge in [0.2, 0.25) is 5.91 Å². The standard InChI is InChI=1S/C15H19ClN4O3/c1-19-14(21)5-4-13(18-19)20-7-10(11(8-20)15(22)23)12-3-2-9(16)6-17-12/h2-3,6,10-11,13,18H,4-5,7-8H2,1H3,(H,22,23). The van der Waals surface area contributed by atoms with Crippen LogP contribution in [0.1, 0.15) is 24.5 Å². The van der Waals surface area contributed by atoms with Gasteiger partial charge in [0, 0.05) is 44.4 Å². The van der Waals surface area contributed by atoms with E-state index in [1.807, 2.05) is 0 Å². The quantitative estimate of drug-likeness (QED) is 0.852. The number of hydrogen-bond donors (Lipinski definition) is 2. The Labute approximate surface area is 139 Å². The third-order valence-electron chi connectivity index (χ3n) is 4.58. The van der Waals surface area contributed by atoms with Gasteiger partial charge in [-0.1, -0.05) is 11.6 Å². The minimum atomic E-state index is -0.825. The van der Waals surface area contributed by atoms with Gasteiger partial charge in [0.25, 0.3) is 0 Å². The molecule has 3 atom stereocenters. The highest BCUT2D eigenvalue weighted by Gasteiger charge is 2.42. The van der Waals surface area contributed by atoms with Crippen molar-refractivity contribution < 1.29 is 14.7 Å². The molecular formula is C15H19ClN4O3. The van der Waals surface area contributed by atoms with Gasteiger partial charge < -0.3 is 5.11 Å². The van der Waals surface area contributed by atoms with Crippen molar-refractivity contribution in [1.29, 1.82) is 0 Å². The van der Waals surface area contributed by atoms with Crippen molar-refractivity contribution in [1.82, 2.24) is 20.3 Å². The zero-order valence-corrected chi connectivity index (χ0v) is 13.5. The van der Waals surface area contributed by atoms with E-state index in [1.54, 1.807) is 25.4 Å². The van der Waals surface area contributed by atoms with E-state index < -0.39 is 11.9 Å². The first-order valence-electron chi connectivity index (χ1n) is 7.56. The van der Waals surface area contributed by atoms with Gasteiger partial charge >= 0.3 is 5.97 Å². The SMILES string of the molecule is CN1NC(N2CC(C(=O)O)C(c3ccc(Cl)cn3)C2)CCC1=O. The van der Waals surface area contributed by atoms with E-state index in [0.717, 1.165) is 5.69 Å². The van der Waals surface area contributed by atoms with Crippen LogP contribution in [0.2, 0.25) is 5.02 Å². The number of likely N-dealkylation sites (tertiary alicyclic amines) is 1. The number of nitrogens with zero attached hydrogens (tertiary/aromatic N) is 3. The maximum Gasteiger partial charge on any atom is 0.308 e. The lowest BCUT2D eigenvalue weighted by Gasteiger charge is -2.36. The molecule has 3 heterocycles.